The van der Waals surface area contributed by atoms with E-state index < -0.39 is 11.9 Å². The fourth-order valence-electron chi connectivity index (χ4n) is 1.54. The second kappa shape index (κ2) is 8.00. The third kappa shape index (κ3) is 5.47. The van der Waals surface area contributed by atoms with Gasteiger partial charge in [-0.3, -0.25) is 4.79 Å². The number of rotatable bonds is 7. The Morgan fingerprint density at radius 3 is 2.84 bits per heavy atom. The van der Waals surface area contributed by atoms with Crippen LogP contribution >= 0.6 is 11.6 Å². The molecule has 0 aliphatic rings. The molecule has 1 atom stereocenters. The van der Waals surface area contributed by atoms with Crippen LogP contribution in [-0.2, 0) is 4.79 Å². The molecule has 0 spiro atoms. The summed E-state index contributed by atoms with van der Waals surface area (Å²) < 4.78 is 18.6. The van der Waals surface area contributed by atoms with Gasteiger partial charge in [-0.2, -0.15) is 0 Å². The number of hydrogen-bond acceptors (Lipinski definition) is 2. The van der Waals surface area contributed by atoms with E-state index in [9.17, 15) is 9.18 Å². The van der Waals surface area contributed by atoms with Crippen molar-refractivity contribution in [3.8, 4) is 5.75 Å². The minimum atomic E-state index is -0.665. The number of ether oxygens (including phenoxy) is 1. The number of unbranched alkanes of at least 4 members (excludes halogenated alkanes) is 2. The van der Waals surface area contributed by atoms with Crippen LogP contribution in [0.5, 0.6) is 5.75 Å². The van der Waals surface area contributed by atoms with Gasteiger partial charge in [0.25, 0.3) is 5.91 Å². The van der Waals surface area contributed by atoms with E-state index in [0.717, 1.165) is 19.3 Å². The van der Waals surface area contributed by atoms with Crippen LogP contribution < -0.4 is 10.1 Å². The van der Waals surface area contributed by atoms with Crippen molar-refractivity contribution >= 4 is 17.5 Å². The van der Waals surface area contributed by atoms with Gasteiger partial charge in [-0.05, 0) is 25.5 Å². The molecule has 0 aliphatic carbocycles. The molecule has 0 radical (unpaired) electrons. The first-order valence-electron chi connectivity index (χ1n) is 6.44. The minimum Gasteiger partial charge on any atom is -0.481 e. The van der Waals surface area contributed by atoms with Crippen LogP contribution in [0, 0.1) is 5.82 Å². The maximum absolute atomic E-state index is 13.2. The summed E-state index contributed by atoms with van der Waals surface area (Å²) in [4.78, 5) is 11.7. The van der Waals surface area contributed by atoms with Gasteiger partial charge in [0, 0.05) is 12.6 Å². The van der Waals surface area contributed by atoms with Gasteiger partial charge in [-0.1, -0.05) is 31.4 Å². The van der Waals surface area contributed by atoms with Crippen molar-refractivity contribution in [3.05, 3.63) is 29.0 Å². The third-order valence-electron chi connectivity index (χ3n) is 2.65. The molecule has 0 bridgehead atoms. The van der Waals surface area contributed by atoms with Gasteiger partial charge in [0.15, 0.2) is 6.10 Å². The van der Waals surface area contributed by atoms with E-state index in [-0.39, 0.29) is 16.7 Å². The van der Waals surface area contributed by atoms with E-state index in [1.54, 1.807) is 6.92 Å². The summed E-state index contributed by atoms with van der Waals surface area (Å²) in [5.41, 5.74) is 0. The molecule has 1 rings (SSSR count). The Hall–Kier alpha value is -1.29. The van der Waals surface area contributed by atoms with Crippen molar-refractivity contribution < 1.29 is 13.9 Å². The predicted molar refractivity (Wildman–Crippen MR) is 74.0 cm³/mol. The zero-order valence-corrected chi connectivity index (χ0v) is 12.0. The van der Waals surface area contributed by atoms with Gasteiger partial charge in [-0.15, -0.1) is 0 Å². The Kier molecular flexibility index (Phi) is 6.64. The standard InChI is InChI=1S/C14H19ClFNO2/c1-3-4-5-8-17-14(18)10(2)19-11-6-7-12(15)13(16)9-11/h6-7,9-10H,3-5,8H2,1-2H3,(H,17,18). The lowest BCUT2D eigenvalue weighted by Crippen LogP contribution is -2.36. The lowest BCUT2D eigenvalue weighted by Gasteiger charge is -2.14. The molecule has 1 aromatic carbocycles. The summed E-state index contributed by atoms with van der Waals surface area (Å²) in [6.45, 7) is 4.36. The SMILES string of the molecule is CCCCCNC(=O)C(C)Oc1ccc(Cl)c(F)c1. The normalized spacial score (nSPS) is 12.0. The molecule has 0 fully saturated rings. The van der Waals surface area contributed by atoms with Crippen LogP contribution in [0.3, 0.4) is 0 Å². The third-order valence-corrected chi connectivity index (χ3v) is 2.96. The first kappa shape index (κ1) is 15.8. The molecule has 3 nitrogen and oxygen atoms in total. The van der Waals surface area contributed by atoms with Gasteiger partial charge >= 0.3 is 0 Å². The fourth-order valence-corrected chi connectivity index (χ4v) is 1.66. The average molecular weight is 288 g/mol. The van der Waals surface area contributed by atoms with E-state index >= 15 is 0 Å². The van der Waals surface area contributed by atoms with E-state index in [0.29, 0.717) is 6.54 Å². The molecular weight excluding hydrogens is 269 g/mol. The number of halogens is 2. The van der Waals surface area contributed by atoms with Crippen molar-refractivity contribution in [1.82, 2.24) is 5.32 Å². The van der Waals surface area contributed by atoms with Crippen LogP contribution in [0.2, 0.25) is 5.02 Å². The Balaban J connectivity index is 2.42. The van der Waals surface area contributed by atoms with Crippen LogP contribution in [0.4, 0.5) is 4.39 Å². The highest BCUT2D eigenvalue weighted by molar-refractivity contribution is 6.30. The van der Waals surface area contributed by atoms with Crippen LogP contribution in [-0.4, -0.2) is 18.6 Å². The molecule has 106 valence electrons. The van der Waals surface area contributed by atoms with Crippen molar-refractivity contribution in [3.63, 3.8) is 0 Å². The van der Waals surface area contributed by atoms with E-state index in [1.807, 2.05) is 0 Å². The molecular formula is C14H19ClFNO2. The fraction of sp³-hybridized carbons (Fsp3) is 0.500. The van der Waals surface area contributed by atoms with Crippen molar-refractivity contribution in [2.45, 2.75) is 39.2 Å². The van der Waals surface area contributed by atoms with Crippen LogP contribution in [0.1, 0.15) is 33.1 Å². The minimum absolute atomic E-state index is 0.0315. The maximum atomic E-state index is 13.2. The van der Waals surface area contributed by atoms with Gasteiger partial charge in [0.05, 0.1) is 5.02 Å². The number of amides is 1. The summed E-state index contributed by atoms with van der Waals surface area (Å²) in [6.07, 6.45) is 2.47. The Bertz CT molecular complexity index is 426. The summed E-state index contributed by atoms with van der Waals surface area (Å²) in [5.74, 6) is -0.473. The second-order valence-electron chi connectivity index (χ2n) is 4.33. The molecule has 0 heterocycles. The lowest BCUT2D eigenvalue weighted by atomic mass is 10.2. The quantitative estimate of drug-likeness (QED) is 0.779. The average Bonchev–Trinajstić information content (AvgIpc) is 2.38. The summed E-state index contributed by atoms with van der Waals surface area (Å²) >= 11 is 5.57. The Labute approximate surface area is 118 Å². The first-order valence-corrected chi connectivity index (χ1v) is 6.81. The second-order valence-corrected chi connectivity index (χ2v) is 4.74. The Morgan fingerprint density at radius 2 is 2.21 bits per heavy atom. The molecule has 0 saturated heterocycles. The van der Waals surface area contributed by atoms with Gasteiger partial charge in [0.2, 0.25) is 0 Å². The van der Waals surface area contributed by atoms with Crippen molar-refractivity contribution in [2.75, 3.05) is 6.54 Å². The lowest BCUT2D eigenvalue weighted by molar-refractivity contribution is -0.127. The number of carbonyl (C=O) groups is 1. The molecule has 0 saturated carbocycles. The molecule has 0 aliphatic heterocycles. The summed E-state index contributed by atoms with van der Waals surface area (Å²) in [7, 11) is 0. The number of hydrogen-bond donors (Lipinski definition) is 1. The van der Waals surface area contributed by atoms with Gasteiger partial charge in [0.1, 0.15) is 11.6 Å². The maximum Gasteiger partial charge on any atom is 0.260 e. The Morgan fingerprint density at radius 1 is 1.47 bits per heavy atom. The van der Waals surface area contributed by atoms with E-state index in [2.05, 4.69) is 12.2 Å². The largest absolute Gasteiger partial charge is 0.481 e. The molecule has 5 heteroatoms. The highest BCUT2D eigenvalue weighted by atomic mass is 35.5. The van der Waals surface area contributed by atoms with Crippen molar-refractivity contribution in [1.29, 1.82) is 0 Å². The first-order chi connectivity index (χ1) is 9.04. The van der Waals surface area contributed by atoms with Gasteiger partial charge < -0.3 is 10.1 Å². The highest BCUT2D eigenvalue weighted by Gasteiger charge is 2.14. The predicted octanol–water partition coefficient (Wildman–Crippen LogP) is 3.55. The monoisotopic (exact) mass is 287 g/mol. The topological polar surface area (TPSA) is 38.3 Å². The van der Waals surface area contributed by atoms with Gasteiger partial charge in [-0.25, -0.2) is 4.39 Å². The van der Waals surface area contributed by atoms with Crippen LogP contribution in [0.15, 0.2) is 18.2 Å². The number of benzene rings is 1. The molecule has 1 aromatic rings. The zero-order chi connectivity index (χ0) is 14.3. The van der Waals surface area contributed by atoms with E-state index in [1.165, 1.54) is 18.2 Å². The molecule has 1 unspecified atom stereocenters. The highest BCUT2D eigenvalue weighted by Crippen LogP contribution is 2.21. The summed E-state index contributed by atoms with van der Waals surface area (Å²) in [6, 6.07) is 4.10. The van der Waals surface area contributed by atoms with Crippen molar-refractivity contribution in [2.24, 2.45) is 0 Å². The molecule has 0 aromatic heterocycles. The molecule has 1 N–H and O–H groups in total. The molecule has 1 amide bonds. The zero-order valence-electron chi connectivity index (χ0n) is 11.2. The number of nitrogens with one attached hydrogen (secondary N) is 1. The van der Waals surface area contributed by atoms with Crippen LogP contribution in [0.25, 0.3) is 0 Å². The summed E-state index contributed by atoms with van der Waals surface area (Å²) in [5, 5.41) is 2.81. The molecule has 19 heavy (non-hydrogen) atoms. The smallest absolute Gasteiger partial charge is 0.260 e. The van der Waals surface area contributed by atoms with E-state index in [4.69, 9.17) is 16.3 Å². The number of carbonyl (C=O) groups excluding carboxylic acids is 1.